The van der Waals surface area contributed by atoms with Gasteiger partial charge >= 0.3 is 0 Å². The molecule has 0 saturated carbocycles. The molecule has 0 saturated heterocycles. The van der Waals surface area contributed by atoms with E-state index in [1.165, 1.54) is 0 Å². The molecule has 0 aliphatic carbocycles. The van der Waals surface area contributed by atoms with Gasteiger partial charge in [0.05, 0.1) is 18.3 Å². The number of phenols is 1. The molecule has 1 amide bonds. The lowest BCUT2D eigenvalue weighted by molar-refractivity contribution is 0.0889. The minimum Gasteiger partial charge on any atom is -0.508 e. The van der Waals surface area contributed by atoms with Gasteiger partial charge in [-0.05, 0) is 36.8 Å². The fraction of sp³-hybridized carbons (Fsp3) is 0.333. The molecule has 1 aromatic carbocycles. The van der Waals surface area contributed by atoms with Gasteiger partial charge in [0.2, 0.25) is 0 Å². The first-order chi connectivity index (χ1) is 10.1. The first kappa shape index (κ1) is 15.1. The van der Waals surface area contributed by atoms with E-state index < -0.39 is 0 Å². The number of nitrogens with zero attached hydrogens (tertiary/aromatic N) is 1. The third-order valence-corrected chi connectivity index (χ3v) is 3.18. The average Bonchev–Trinajstić information content (AvgIpc) is 2.97. The minimum atomic E-state index is -0.212. The summed E-state index contributed by atoms with van der Waals surface area (Å²) >= 11 is 0. The van der Waals surface area contributed by atoms with Gasteiger partial charge in [0.1, 0.15) is 11.4 Å². The van der Waals surface area contributed by atoms with Gasteiger partial charge in [-0.15, -0.1) is 0 Å². The van der Waals surface area contributed by atoms with Crippen molar-refractivity contribution in [2.75, 3.05) is 13.7 Å². The van der Waals surface area contributed by atoms with Crippen LogP contribution in [0.4, 0.5) is 0 Å². The highest BCUT2D eigenvalue weighted by molar-refractivity contribution is 5.93. The van der Waals surface area contributed by atoms with Crippen molar-refractivity contribution in [2.45, 2.75) is 19.4 Å². The zero-order chi connectivity index (χ0) is 15.2. The van der Waals surface area contributed by atoms with Crippen LogP contribution in [-0.4, -0.2) is 41.0 Å². The lowest BCUT2D eigenvalue weighted by Gasteiger charge is -2.14. The van der Waals surface area contributed by atoms with Crippen LogP contribution < -0.4 is 5.32 Å². The van der Waals surface area contributed by atoms with Crippen LogP contribution in [0.15, 0.2) is 30.3 Å². The molecule has 1 heterocycles. The second kappa shape index (κ2) is 6.90. The van der Waals surface area contributed by atoms with Crippen LogP contribution in [0.1, 0.15) is 23.8 Å². The number of hydrogen-bond donors (Lipinski definition) is 3. The van der Waals surface area contributed by atoms with Crippen molar-refractivity contribution >= 4 is 5.91 Å². The zero-order valence-electron chi connectivity index (χ0n) is 12.1. The summed E-state index contributed by atoms with van der Waals surface area (Å²) in [6.07, 6.45) is 0.790. The fourth-order valence-corrected chi connectivity index (χ4v) is 1.94. The van der Waals surface area contributed by atoms with Crippen molar-refractivity contribution in [3.8, 4) is 17.0 Å². The smallest absolute Gasteiger partial charge is 0.269 e. The number of benzene rings is 1. The fourth-order valence-electron chi connectivity index (χ4n) is 1.94. The van der Waals surface area contributed by atoms with Crippen molar-refractivity contribution in [3.63, 3.8) is 0 Å². The lowest BCUT2D eigenvalue weighted by atomic mass is 10.1. The Bertz CT molecular complexity index is 592. The first-order valence-electron chi connectivity index (χ1n) is 6.78. The summed E-state index contributed by atoms with van der Waals surface area (Å²) in [5.41, 5.74) is 1.87. The number of aromatic amines is 1. The molecule has 0 bridgehead atoms. The van der Waals surface area contributed by atoms with E-state index in [-0.39, 0.29) is 17.7 Å². The van der Waals surface area contributed by atoms with Gasteiger partial charge in [0, 0.05) is 12.7 Å². The molecule has 6 nitrogen and oxygen atoms in total. The molecule has 21 heavy (non-hydrogen) atoms. The van der Waals surface area contributed by atoms with E-state index >= 15 is 0 Å². The highest BCUT2D eigenvalue weighted by Gasteiger charge is 2.15. The van der Waals surface area contributed by atoms with Crippen LogP contribution >= 0.6 is 0 Å². The number of methoxy groups -OCH3 is 1. The van der Waals surface area contributed by atoms with Gasteiger partial charge < -0.3 is 15.2 Å². The lowest BCUT2D eigenvalue weighted by Crippen LogP contribution is -2.37. The SMILES string of the molecule is CCC(COC)NC(=O)c1cc(-c2ccc(O)cc2)n[nH]1. The number of rotatable bonds is 6. The molecule has 0 radical (unpaired) electrons. The van der Waals surface area contributed by atoms with Crippen LogP contribution in [-0.2, 0) is 4.74 Å². The Morgan fingerprint density at radius 1 is 1.43 bits per heavy atom. The van der Waals surface area contributed by atoms with Crippen molar-refractivity contribution < 1.29 is 14.6 Å². The number of aromatic nitrogens is 2. The molecule has 0 spiro atoms. The monoisotopic (exact) mass is 289 g/mol. The second-order valence-corrected chi connectivity index (χ2v) is 4.75. The number of nitrogens with one attached hydrogen (secondary N) is 2. The zero-order valence-corrected chi connectivity index (χ0v) is 12.1. The van der Waals surface area contributed by atoms with E-state index in [4.69, 9.17) is 4.74 Å². The summed E-state index contributed by atoms with van der Waals surface area (Å²) in [5.74, 6) is -0.0194. The van der Waals surface area contributed by atoms with E-state index in [1.807, 2.05) is 6.92 Å². The maximum atomic E-state index is 12.1. The highest BCUT2D eigenvalue weighted by atomic mass is 16.5. The van der Waals surface area contributed by atoms with Crippen molar-refractivity contribution in [2.24, 2.45) is 0 Å². The molecule has 3 N–H and O–H groups in total. The summed E-state index contributed by atoms with van der Waals surface area (Å²) in [6, 6.07) is 8.30. The number of aromatic hydroxyl groups is 1. The molecule has 6 heteroatoms. The van der Waals surface area contributed by atoms with E-state index in [0.717, 1.165) is 12.0 Å². The predicted molar refractivity (Wildman–Crippen MR) is 79.1 cm³/mol. The molecule has 0 aliphatic rings. The summed E-state index contributed by atoms with van der Waals surface area (Å²) in [4.78, 5) is 12.1. The second-order valence-electron chi connectivity index (χ2n) is 4.75. The van der Waals surface area contributed by atoms with Crippen molar-refractivity contribution in [1.82, 2.24) is 15.5 Å². The molecule has 0 aliphatic heterocycles. The molecule has 2 aromatic rings. The number of ether oxygens (including phenoxy) is 1. The minimum absolute atomic E-state index is 0.0251. The standard InChI is InChI=1S/C15H19N3O3/c1-3-11(9-21-2)16-15(20)14-8-13(17-18-14)10-4-6-12(19)7-5-10/h4-8,11,19H,3,9H2,1-2H3,(H,16,20)(H,17,18). The van der Waals surface area contributed by atoms with E-state index in [0.29, 0.717) is 18.0 Å². The third-order valence-electron chi connectivity index (χ3n) is 3.18. The Morgan fingerprint density at radius 2 is 2.14 bits per heavy atom. The number of hydrogen-bond acceptors (Lipinski definition) is 4. The Balaban J connectivity index is 2.08. The normalized spacial score (nSPS) is 12.1. The van der Waals surface area contributed by atoms with Gasteiger partial charge in [-0.3, -0.25) is 9.89 Å². The maximum Gasteiger partial charge on any atom is 0.269 e. The van der Waals surface area contributed by atoms with E-state index in [2.05, 4.69) is 15.5 Å². The van der Waals surface area contributed by atoms with Crippen LogP contribution in [0.2, 0.25) is 0 Å². The number of amides is 1. The van der Waals surface area contributed by atoms with Gasteiger partial charge in [0.25, 0.3) is 5.91 Å². The molecule has 112 valence electrons. The number of carbonyl (C=O) groups excluding carboxylic acids is 1. The molecular formula is C15H19N3O3. The van der Waals surface area contributed by atoms with Gasteiger partial charge in [-0.2, -0.15) is 5.10 Å². The Kier molecular flexibility index (Phi) is 4.94. The predicted octanol–water partition coefficient (Wildman–Crippen LogP) is 1.94. The molecule has 2 rings (SSSR count). The van der Waals surface area contributed by atoms with Crippen LogP contribution in [0.25, 0.3) is 11.3 Å². The van der Waals surface area contributed by atoms with Crippen molar-refractivity contribution in [3.05, 3.63) is 36.0 Å². The largest absolute Gasteiger partial charge is 0.508 e. The summed E-state index contributed by atoms with van der Waals surface area (Å²) in [7, 11) is 1.61. The van der Waals surface area contributed by atoms with E-state index in [9.17, 15) is 9.90 Å². The Labute approximate surface area is 123 Å². The van der Waals surface area contributed by atoms with Crippen LogP contribution in [0, 0.1) is 0 Å². The first-order valence-corrected chi connectivity index (χ1v) is 6.78. The number of H-pyrrole nitrogens is 1. The molecule has 1 aromatic heterocycles. The van der Waals surface area contributed by atoms with Crippen LogP contribution in [0.3, 0.4) is 0 Å². The average molecular weight is 289 g/mol. The molecule has 0 fully saturated rings. The number of phenolic OH excluding ortho intramolecular Hbond substituents is 1. The summed E-state index contributed by atoms with van der Waals surface area (Å²) in [5, 5.41) is 19.0. The highest BCUT2D eigenvalue weighted by Crippen LogP contribution is 2.20. The maximum absolute atomic E-state index is 12.1. The van der Waals surface area contributed by atoms with Gasteiger partial charge in [0.15, 0.2) is 0 Å². The van der Waals surface area contributed by atoms with Crippen LogP contribution in [0.5, 0.6) is 5.75 Å². The third kappa shape index (κ3) is 3.82. The molecular weight excluding hydrogens is 270 g/mol. The molecule has 1 unspecified atom stereocenters. The van der Waals surface area contributed by atoms with E-state index in [1.54, 1.807) is 37.4 Å². The Morgan fingerprint density at radius 3 is 2.76 bits per heavy atom. The van der Waals surface area contributed by atoms with Gasteiger partial charge in [-0.25, -0.2) is 0 Å². The summed E-state index contributed by atoms with van der Waals surface area (Å²) in [6.45, 7) is 2.46. The van der Waals surface area contributed by atoms with Crippen molar-refractivity contribution in [1.29, 1.82) is 0 Å². The quantitative estimate of drug-likeness (QED) is 0.758. The number of carbonyl (C=O) groups is 1. The summed E-state index contributed by atoms with van der Waals surface area (Å²) < 4.78 is 5.05. The van der Waals surface area contributed by atoms with Gasteiger partial charge in [-0.1, -0.05) is 6.92 Å². The topological polar surface area (TPSA) is 87.2 Å². The molecule has 1 atom stereocenters. The Hall–Kier alpha value is -2.34.